The predicted octanol–water partition coefficient (Wildman–Crippen LogP) is 1.29. The van der Waals surface area contributed by atoms with Crippen molar-refractivity contribution in [2.24, 2.45) is 0 Å². The third kappa shape index (κ3) is 4.74. The van der Waals surface area contributed by atoms with Gasteiger partial charge in [-0.1, -0.05) is 6.42 Å². The van der Waals surface area contributed by atoms with E-state index < -0.39 is 16.2 Å². The second-order valence-corrected chi connectivity index (χ2v) is 7.05. The van der Waals surface area contributed by atoms with Crippen molar-refractivity contribution in [2.45, 2.75) is 52.0 Å². The maximum absolute atomic E-state index is 12.5. The molecule has 0 saturated carbocycles. The van der Waals surface area contributed by atoms with E-state index >= 15 is 0 Å². The maximum Gasteiger partial charge on any atom is 0.303 e. The van der Waals surface area contributed by atoms with Crippen molar-refractivity contribution in [3.63, 3.8) is 0 Å². The Labute approximate surface area is 115 Å². The smallest absolute Gasteiger partial charge is 0.303 e. The second kappa shape index (κ2) is 7.21. The topological polar surface area (TPSA) is 77.9 Å². The summed E-state index contributed by atoms with van der Waals surface area (Å²) >= 11 is 0. The molecule has 1 fully saturated rings. The highest BCUT2D eigenvalue weighted by Gasteiger charge is 2.31. The molecule has 1 aliphatic heterocycles. The number of carboxylic acids is 1. The van der Waals surface area contributed by atoms with Gasteiger partial charge in [0.05, 0.1) is 0 Å². The largest absolute Gasteiger partial charge is 0.481 e. The summed E-state index contributed by atoms with van der Waals surface area (Å²) < 4.78 is 28.0. The van der Waals surface area contributed by atoms with Crippen LogP contribution in [0.4, 0.5) is 0 Å². The van der Waals surface area contributed by atoms with Crippen LogP contribution in [0.15, 0.2) is 0 Å². The summed E-state index contributed by atoms with van der Waals surface area (Å²) in [6, 6.07) is -0.152. The number of carboxylic acid groups (broad SMARTS) is 1. The van der Waals surface area contributed by atoms with Crippen LogP contribution < -0.4 is 0 Å². The van der Waals surface area contributed by atoms with Crippen LogP contribution in [0.1, 0.15) is 46.0 Å². The van der Waals surface area contributed by atoms with Crippen LogP contribution in [0.25, 0.3) is 0 Å². The average Bonchev–Trinajstić information content (AvgIpc) is 2.34. The van der Waals surface area contributed by atoms with Gasteiger partial charge in [0.15, 0.2) is 0 Å². The molecule has 1 N–H and O–H groups in total. The summed E-state index contributed by atoms with van der Waals surface area (Å²) in [6.45, 7) is 5.06. The average molecular weight is 292 g/mol. The van der Waals surface area contributed by atoms with E-state index in [4.69, 9.17) is 5.11 Å². The summed E-state index contributed by atoms with van der Waals surface area (Å²) in [7, 11) is -3.45. The number of carbonyl (C=O) groups is 1. The summed E-state index contributed by atoms with van der Waals surface area (Å²) in [6.07, 6.45) is 3.23. The monoisotopic (exact) mass is 292 g/mol. The molecular formula is C12H24N2O4S. The van der Waals surface area contributed by atoms with Crippen molar-refractivity contribution in [3.8, 4) is 0 Å². The number of aliphatic carboxylic acids is 1. The van der Waals surface area contributed by atoms with Gasteiger partial charge in [0, 0.05) is 32.1 Å². The third-order valence-corrected chi connectivity index (χ3v) is 5.50. The fourth-order valence-electron chi connectivity index (χ4n) is 2.27. The van der Waals surface area contributed by atoms with Crippen molar-refractivity contribution < 1.29 is 18.3 Å². The minimum absolute atomic E-state index is 0.00125. The molecule has 0 bridgehead atoms. The van der Waals surface area contributed by atoms with Crippen molar-refractivity contribution in [2.75, 3.05) is 19.6 Å². The molecule has 112 valence electrons. The fourth-order valence-corrected chi connectivity index (χ4v) is 4.18. The van der Waals surface area contributed by atoms with Crippen LogP contribution in [-0.2, 0) is 15.0 Å². The van der Waals surface area contributed by atoms with Crippen LogP contribution in [0.5, 0.6) is 0 Å². The van der Waals surface area contributed by atoms with Crippen molar-refractivity contribution in [1.82, 2.24) is 8.61 Å². The molecule has 1 saturated heterocycles. The SMILES string of the molecule is CC(C)N(CCCC(=O)O)S(=O)(=O)N1CCCCC1. The number of hydrogen-bond acceptors (Lipinski definition) is 3. The molecule has 0 atom stereocenters. The highest BCUT2D eigenvalue weighted by molar-refractivity contribution is 7.86. The Bertz CT molecular complexity index is 389. The van der Waals surface area contributed by atoms with Crippen LogP contribution in [-0.4, -0.2) is 53.8 Å². The summed E-state index contributed by atoms with van der Waals surface area (Å²) in [5.41, 5.74) is 0. The maximum atomic E-state index is 12.5. The van der Waals surface area contributed by atoms with Gasteiger partial charge in [-0.15, -0.1) is 0 Å². The van der Waals surface area contributed by atoms with E-state index in [2.05, 4.69) is 0 Å². The minimum Gasteiger partial charge on any atom is -0.481 e. The van der Waals surface area contributed by atoms with Gasteiger partial charge in [-0.3, -0.25) is 4.79 Å². The third-order valence-electron chi connectivity index (χ3n) is 3.28. The number of piperidine rings is 1. The lowest BCUT2D eigenvalue weighted by atomic mass is 10.2. The quantitative estimate of drug-likeness (QED) is 0.767. The molecule has 0 aromatic heterocycles. The molecule has 0 aromatic carbocycles. The van der Waals surface area contributed by atoms with Crippen LogP contribution in [0.2, 0.25) is 0 Å². The standard InChI is InChI=1S/C12H24N2O4S/c1-11(2)14(10-6-7-12(15)16)19(17,18)13-8-4-3-5-9-13/h11H,3-10H2,1-2H3,(H,15,16). The van der Waals surface area contributed by atoms with Crippen molar-refractivity contribution in [3.05, 3.63) is 0 Å². The van der Waals surface area contributed by atoms with Crippen LogP contribution >= 0.6 is 0 Å². The molecule has 0 spiro atoms. The lowest BCUT2D eigenvalue weighted by molar-refractivity contribution is -0.137. The second-order valence-electron chi connectivity index (χ2n) is 5.17. The highest BCUT2D eigenvalue weighted by Crippen LogP contribution is 2.19. The molecule has 1 rings (SSSR count). The summed E-state index contributed by atoms with van der Waals surface area (Å²) in [5, 5.41) is 8.64. The lowest BCUT2D eigenvalue weighted by Gasteiger charge is -2.34. The molecule has 6 nitrogen and oxygen atoms in total. The van der Waals surface area contributed by atoms with Crippen LogP contribution in [0, 0.1) is 0 Å². The van der Waals surface area contributed by atoms with Crippen LogP contribution in [0.3, 0.4) is 0 Å². The van der Waals surface area contributed by atoms with E-state index in [-0.39, 0.29) is 19.0 Å². The van der Waals surface area contributed by atoms with Gasteiger partial charge in [-0.2, -0.15) is 17.0 Å². The van der Waals surface area contributed by atoms with E-state index in [1.165, 1.54) is 8.61 Å². The molecular weight excluding hydrogens is 268 g/mol. The number of hydrogen-bond donors (Lipinski definition) is 1. The van der Waals surface area contributed by atoms with E-state index in [1.54, 1.807) is 0 Å². The molecule has 7 heteroatoms. The van der Waals surface area contributed by atoms with Crippen molar-refractivity contribution >= 4 is 16.2 Å². The van der Waals surface area contributed by atoms with Gasteiger partial charge in [-0.05, 0) is 33.1 Å². The number of nitrogens with zero attached hydrogens (tertiary/aromatic N) is 2. The first-order valence-corrected chi connectivity index (χ1v) is 8.24. The molecule has 19 heavy (non-hydrogen) atoms. The molecule has 0 amide bonds. The van der Waals surface area contributed by atoms with Gasteiger partial charge < -0.3 is 5.11 Å². The molecule has 0 radical (unpaired) electrons. The lowest BCUT2D eigenvalue weighted by Crippen LogP contribution is -2.49. The molecule has 0 unspecified atom stereocenters. The Hall–Kier alpha value is -0.660. The first kappa shape index (κ1) is 16.4. The zero-order valence-electron chi connectivity index (χ0n) is 11.7. The van der Waals surface area contributed by atoms with E-state index in [1.807, 2.05) is 13.8 Å². The highest BCUT2D eigenvalue weighted by atomic mass is 32.2. The zero-order chi connectivity index (χ0) is 14.5. The van der Waals surface area contributed by atoms with Crippen molar-refractivity contribution in [1.29, 1.82) is 0 Å². The Morgan fingerprint density at radius 1 is 1.26 bits per heavy atom. The molecule has 1 aliphatic rings. The Morgan fingerprint density at radius 2 is 1.84 bits per heavy atom. The van der Waals surface area contributed by atoms with E-state index in [0.717, 1.165) is 19.3 Å². The summed E-state index contributed by atoms with van der Waals surface area (Å²) in [5.74, 6) is -0.890. The van der Waals surface area contributed by atoms with Gasteiger partial charge in [0.2, 0.25) is 0 Å². The molecule has 1 heterocycles. The van der Waals surface area contributed by atoms with Gasteiger partial charge in [0.25, 0.3) is 10.2 Å². The Kier molecular flexibility index (Phi) is 6.22. The predicted molar refractivity (Wildman–Crippen MR) is 73.1 cm³/mol. The normalized spacial score (nSPS) is 18.1. The minimum atomic E-state index is -3.45. The summed E-state index contributed by atoms with van der Waals surface area (Å²) in [4.78, 5) is 10.5. The molecule has 0 aromatic rings. The Balaban J connectivity index is 2.70. The number of rotatable bonds is 7. The Morgan fingerprint density at radius 3 is 2.32 bits per heavy atom. The first-order valence-electron chi connectivity index (χ1n) is 6.84. The zero-order valence-corrected chi connectivity index (χ0v) is 12.5. The van der Waals surface area contributed by atoms with Gasteiger partial charge >= 0.3 is 5.97 Å². The van der Waals surface area contributed by atoms with Gasteiger partial charge in [0.1, 0.15) is 0 Å². The molecule has 0 aliphatic carbocycles. The fraction of sp³-hybridized carbons (Fsp3) is 0.917. The van der Waals surface area contributed by atoms with E-state index in [9.17, 15) is 13.2 Å². The van der Waals surface area contributed by atoms with E-state index in [0.29, 0.717) is 19.5 Å². The van der Waals surface area contributed by atoms with Gasteiger partial charge in [-0.25, -0.2) is 0 Å². The first-order chi connectivity index (χ1) is 8.85.